The van der Waals surface area contributed by atoms with Crippen molar-refractivity contribution in [1.29, 1.82) is 0 Å². The van der Waals surface area contributed by atoms with E-state index >= 15 is 0 Å². The zero-order chi connectivity index (χ0) is 18.2. The zero-order valence-electron chi connectivity index (χ0n) is 12.8. The largest absolute Gasteiger partial charge is 0.507 e. The molecule has 0 unspecified atom stereocenters. The molecule has 0 saturated carbocycles. The summed E-state index contributed by atoms with van der Waals surface area (Å²) >= 11 is 0. The fourth-order valence-electron chi connectivity index (χ4n) is 2.59. The Labute approximate surface area is 143 Å². The number of rotatable bonds is 3. The van der Waals surface area contributed by atoms with Crippen molar-refractivity contribution in [2.45, 2.75) is 4.90 Å². The van der Waals surface area contributed by atoms with E-state index in [-0.39, 0.29) is 22.2 Å². The minimum Gasteiger partial charge on any atom is -0.507 e. The van der Waals surface area contributed by atoms with Gasteiger partial charge in [-0.2, -0.15) is 8.42 Å². The molecule has 0 bridgehead atoms. The van der Waals surface area contributed by atoms with E-state index < -0.39 is 20.9 Å². The van der Waals surface area contributed by atoms with Gasteiger partial charge in [-0.1, -0.05) is 30.3 Å². The molecule has 0 saturated heterocycles. The van der Waals surface area contributed by atoms with E-state index in [2.05, 4.69) is 0 Å². The first-order chi connectivity index (χ1) is 11.8. The normalized spacial score (nSPS) is 11.4. The second kappa shape index (κ2) is 6.17. The lowest BCUT2D eigenvalue weighted by Crippen LogP contribution is -2.37. The molecule has 0 atom stereocenters. The fourth-order valence-corrected chi connectivity index (χ4v) is 3.32. The fraction of sp³-hybridized carbons (Fsp3) is 0. The Hall–Kier alpha value is -2.94. The van der Waals surface area contributed by atoms with Crippen LogP contribution >= 0.6 is 0 Å². The van der Waals surface area contributed by atoms with Gasteiger partial charge >= 0.3 is 0 Å². The monoisotopic (exact) mass is 358 g/mol. The lowest BCUT2D eigenvalue weighted by atomic mass is 10.1. The Bertz CT molecular complexity index is 1070. The number of carbonyl (C=O) groups excluding carboxylic acids is 1. The molecule has 0 fully saturated rings. The van der Waals surface area contributed by atoms with Crippen LogP contribution in [0.2, 0.25) is 0 Å². The number of phenolic OH excluding ortho intramolecular Hbond substituents is 1. The van der Waals surface area contributed by atoms with Gasteiger partial charge in [-0.05, 0) is 30.3 Å². The SMILES string of the molecule is NN(C(=O)c1ccccc1)c1ccc(O)c2c(S(=O)(=O)O)cccc12. The summed E-state index contributed by atoms with van der Waals surface area (Å²) in [4.78, 5) is 12.1. The lowest BCUT2D eigenvalue weighted by Gasteiger charge is -2.20. The molecule has 0 aliphatic heterocycles. The molecule has 3 rings (SSSR count). The minimum absolute atomic E-state index is 0.112. The van der Waals surface area contributed by atoms with Gasteiger partial charge in [0, 0.05) is 16.3 Å². The van der Waals surface area contributed by atoms with Crippen LogP contribution in [0, 0.1) is 0 Å². The molecule has 0 aliphatic rings. The summed E-state index contributed by atoms with van der Waals surface area (Å²) in [5, 5.41) is 11.0. The number of nitrogens with two attached hydrogens (primary N) is 1. The average Bonchev–Trinajstić information content (AvgIpc) is 2.60. The van der Waals surface area contributed by atoms with Gasteiger partial charge in [0.05, 0.1) is 5.69 Å². The lowest BCUT2D eigenvalue weighted by molar-refractivity contribution is 0.0987. The van der Waals surface area contributed by atoms with Crippen LogP contribution in [0.1, 0.15) is 10.4 Å². The number of hydrogen-bond donors (Lipinski definition) is 3. The number of amides is 1. The van der Waals surface area contributed by atoms with Crippen LogP contribution in [0.4, 0.5) is 5.69 Å². The van der Waals surface area contributed by atoms with Gasteiger partial charge in [0.1, 0.15) is 10.6 Å². The summed E-state index contributed by atoms with van der Waals surface area (Å²) < 4.78 is 32.5. The third-order valence-electron chi connectivity index (χ3n) is 3.73. The molecule has 25 heavy (non-hydrogen) atoms. The molecule has 0 aromatic heterocycles. The third kappa shape index (κ3) is 3.05. The molecule has 8 heteroatoms. The van der Waals surface area contributed by atoms with E-state index in [0.717, 1.165) is 11.1 Å². The first kappa shape index (κ1) is 16.9. The highest BCUT2D eigenvalue weighted by molar-refractivity contribution is 7.86. The molecule has 7 nitrogen and oxygen atoms in total. The van der Waals surface area contributed by atoms with Crippen LogP contribution in [0.25, 0.3) is 10.8 Å². The van der Waals surface area contributed by atoms with Crippen molar-refractivity contribution in [3.8, 4) is 5.75 Å². The van der Waals surface area contributed by atoms with Gasteiger partial charge in [-0.15, -0.1) is 0 Å². The van der Waals surface area contributed by atoms with Crippen LogP contribution in [0.15, 0.2) is 65.6 Å². The van der Waals surface area contributed by atoms with Crippen LogP contribution in [-0.2, 0) is 10.1 Å². The number of nitrogens with zero attached hydrogens (tertiary/aromatic N) is 1. The summed E-state index contributed by atoms with van der Waals surface area (Å²) in [6.07, 6.45) is 0. The Morgan fingerprint density at radius 2 is 1.64 bits per heavy atom. The quantitative estimate of drug-likeness (QED) is 0.286. The van der Waals surface area contributed by atoms with Crippen molar-refractivity contribution in [3.63, 3.8) is 0 Å². The maximum atomic E-state index is 12.5. The molecular formula is C17H14N2O5S. The van der Waals surface area contributed by atoms with Gasteiger partial charge in [0.2, 0.25) is 0 Å². The van der Waals surface area contributed by atoms with E-state index in [0.29, 0.717) is 5.56 Å². The summed E-state index contributed by atoms with van der Waals surface area (Å²) in [7, 11) is -4.57. The Morgan fingerprint density at radius 3 is 2.28 bits per heavy atom. The van der Waals surface area contributed by atoms with Crippen LogP contribution in [0.3, 0.4) is 0 Å². The predicted octanol–water partition coefficient (Wildman–Crippen LogP) is 2.31. The van der Waals surface area contributed by atoms with Crippen molar-refractivity contribution < 1.29 is 22.9 Å². The smallest absolute Gasteiger partial charge is 0.295 e. The van der Waals surface area contributed by atoms with Crippen LogP contribution < -0.4 is 10.9 Å². The van der Waals surface area contributed by atoms with E-state index in [4.69, 9.17) is 5.84 Å². The van der Waals surface area contributed by atoms with Crippen molar-refractivity contribution in [3.05, 3.63) is 66.2 Å². The highest BCUT2D eigenvalue weighted by Crippen LogP contribution is 2.36. The number of carbonyl (C=O) groups is 1. The topological polar surface area (TPSA) is 121 Å². The highest BCUT2D eigenvalue weighted by atomic mass is 32.2. The minimum atomic E-state index is -4.57. The van der Waals surface area contributed by atoms with Crippen molar-refractivity contribution >= 4 is 32.5 Å². The van der Waals surface area contributed by atoms with E-state index in [1.807, 2.05) is 0 Å². The van der Waals surface area contributed by atoms with Gasteiger partial charge in [0.15, 0.2) is 0 Å². The molecule has 128 valence electrons. The van der Waals surface area contributed by atoms with E-state index in [1.54, 1.807) is 30.3 Å². The van der Waals surface area contributed by atoms with Crippen molar-refractivity contribution in [2.75, 3.05) is 5.01 Å². The average molecular weight is 358 g/mol. The summed E-state index contributed by atoms with van der Waals surface area (Å²) in [6, 6.07) is 15.0. The van der Waals surface area contributed by atoms with Crippen molar-refractivity contribution in [1.82, 2.24) is 0 Å². The predicted molar refractivity (Wildman–Crippen MR) is 92.9 cm³/mol. The molecule has 0 aliphatic carbocycles. The van der Waals surface area contributed by atoms with Gasteiger partial charge in [-0.25, -0.2) is 10.9 Å². The molecule has 0 radical (unpaired) electrons. The Morgan fingerprint density at radius 1 is 0.960 bits per heavy atom. The van der Waals surface area contributed by atoms with Gasteiger partial charge in [-0.3, -0.25) is 9.35 Å². The second-order valence-corrected chi connectivity index (χ2v) is 6.69. The van der Waals surface area contributed by atoms with E-state index in [9.17, 15) is 22.9 Å². The number of anilines is 1. The van der Waals surface area contributed by atoms with Crippen molar-refractivity contribution in [2.24, 2.45) is 5.84 Å². The van der Waals surface area contributed by atoms with Gasteiger partial charge < -0.3 is 5.11 Å². The number of phenols is 1. The standard InChI is InChI=1S/C17H14N2O5S/c18-19(17(21)11-5-2-1-3-6-11)13-9-10-14(20)16-12(13)7-4-8-15(16)25(22,23)24/h1-10,20H,18H2,(H,22,23,24). The zero-order valence-corrected chi connectivity index (χ0v) is 13.6. The summed E-state index contributed by atoms with van der Waals surface area (Å²) in [5.41, 5.74) is 0.532. The number of aromatic hydroxyl groups is 1. The summed E-state index contributed by atoms with van der Waals surface area (Å²) in [6.45, 7) is 0. The highest BCUT2D eigenvalue weighted by Gasteiger charge is 2.22. The third-order valence-corrected chi connectivity index (χ3v) is 4.63. The van der Waals surface area contributed by atoms with Crippen LogP contribution in [-0.4, -0.2) is 24.0 Å². The number of benzene rings is 3. The number of hydrogen-bond acceptors (Lipinski definition) is 5. The molecular weight excluding hydrogens is 344 g/mol. The number of hydrazine groups is 1. The maximum Gasteiger partial charge on any atom is 0.295 e. The Kier molecular flexibility index (Phi) is 4.17. The molecule has 3 aromatic rings. The first-order valence-corrected chi connectivity index (χ1v) is 8.61. The Balaban J connectivity index is 2.21. The molecule has 0 heterocycles. The molecule has 4 N–H and O–H groups in total. The van der Waals surface area contributed by atoms with E-state index in [1.165, 1.54) is 24.3 Å². The molecule has 1 amide bonds. The summed E-state index contributed by atoms with van der Waals surface area (Å²) in [5.74, 6) is 5.07. The maximum absolute atomic E-state index is 12.5. The number of fused-ring (bicyclic) bond motifs is 1. The van der Waals surface area contributed by atoms with Gasteiger partial charge in [0.25, 0.3) is 16.0 Å². The first-order valence-electron chi connectivity index (χ1n) is 7.17. The molecule has 3 aromatic carbocycles. The molecule has 0 spiro atoms. The van der Waals surface area contributed by atoms with Crippen LogP contribution in [0.5, 0.6) is 5.75 Å². The second-order valence-electron chi connectivity index (χ2n) is 5.30.